The monoisotopic (exact) mass is 301 g/mol. The zero-order valence-corrected chi connectivity index (χ0v) is 13.0. The van der Waals surface area contributed by atoms with Crippen molar-refractivity contribution in [1.82, 2.24) is 5.32 Å². The third-order valence-electron chi connectivity index (χ3n) is 2.69. The second-order valence-electron chi connectivity index (χ2n) is 4.69. The van der Waals surface area contributed by atoms with Crippen molar-refractivity contribution >= 4 is 10.8 Å². The molecule has 0 aromatic heterocycles. The van der Waals surface area contributed by atoms with Crippen molar-refractivity contribution in [2.45, 2.75) is 19.1 Å². The fourth-order valence-corrected chi connectivity index (χ4v) is 2.49. The normalized spacial score (nSPS) is 15.4. The van der Waals surface area contributed by atoms with Gasteiger partial charge in [0.25, 0.3) is 0 Å². The summed E-state index contributed by atoms with van der Waals surface area (Å²) in [5.41, 5.74) is 0. The van der Waals surface area contributed by atoms with Crippen LogP contribution in [0.25, 0.3) is 0 Å². The van der Waals surface area contributed by atoms with E-state index in [1.165, 1.54) is 0 Å². The maximum absolute atomic E-state index is 11.0. The fourth-order valence-electron chi connectivity index (χ4n) is 1.67. The van der Waals surface area contributed by atoms with Gasteiger partial charge < -0.3 is 19.9 Å². The van der Waals surface area contributed by atoms with Crippen molar-refractivity contribution in [3.05, 3.63) is 24.3 Å². The number of hydrogen-bond donors (Lipinski definition) is 2. The lowest BCUT2D eigenvalue weighted by Crippen LogP contribution is -2.39. The summed E-state index contributed by atoms with van der Waals surface area (Å²) < 4.78 is 21.6. The van der Waals surface area contributed by atoms with E-state index in [1.54, 1.807) is 37.6 Å². The molecule has 0 saturated heterocycles. The lowest BCUT2D eigenvalue weighted by Gasteiger charge is -2.17. The fraction of sp³-hybridized carbons (Fsp3) is 0.571. The van der Waals surface area contributed by atoms with E-state index < -0.39 is 16.9 Å². The number of ether oxygens (including phenoxy) is 2. The minimum absolute atomic E-state index is 0.108. The van der Waals surface area contributed by atoms with Gasteiger partial charge in [-0.2, -0.15) is 0 Å². The van der Waals surface area contributed by atoms with Crippen LogP contribution in [0.15, 0.2) is 24.3 Å². The second kappa shape index (κ2) is 8.94. The molecular formula is C14H23NO4S. The third kappa shape index (κ3) is 6.88. The molecule has 20 heavy (non-hydrogen) atoms. The molecular weight excluding hydrogens is 278 g/mol. The number of methoxy groups -OCH3 is 1. The van der Waals surface area contributed by atoms with E-state index in [1.807, 2.05) is 6.92 Å². The third-order valence-corrected chi connectivity index (χ3v) is 3.66. The average Bonchev–Trinajstić information content (AvgIpc) is 2.42. The summed E-state index contributed by atoms with van der Waals surface area (Å²) in [5.74, 6) is 2.03. The molecule has 114 valence electrons. The molecule has 3 atom stereocenters. The van der Waals surface area contributed by atoms with Crippen LogP contribution in [-0.4, -0.2) is 53.7 Å². The quantitative estimate of drug-likeness (QED) is 0.706. The van der Waals surface area contributed by atoms with Gasteiger partial charge >= 0.3 is 0 Å². The molecule has 1 rings (SSSR count). The smallest absolute Gasteiger partial charge is 0.119 e. The van der Waals surface area contributed by atoms with Crippen molar-refractivity contribution in [3.8, 4) is 11.5 Å². The first-order chi connectivity index (χ1) is 9.51. The first kappa shape index (κ1) is 16.9. The summed E-state index contributed by atoms with van der Waals surface area (Å²) in [7, 11) is 0.773. The summed E-state index contributed by atoms with van der Waals surface area (Å²) in [6, 6.07) is 7.30. The first-order valence-electron chi connectivity index (χ1n) is 6.49. The highest BCUT2D eigenvalue weighted by atomic mass is 32.2. The van der Waals surface area contributed by atoms with Gasteiger partial charge in [0.1, 0.15) is 24.2 Å². The molecule has 1 aromatic rings. The molecule has 3 unspecified atom stereocenters. The Labute approximate surface area is 122 Å². The van der Waals surface area contributed by atoms with Gasteiger partial charge in [-0.1, -0.05) is 0 Å². The van der Waals surface area contributed by atoms with E-state index >= 15 is 0 Å². The van der Waals surface area contributed by atoms with E-state index in [-0.39, 0.29) is 12.6 Å². The van der Waals surface area contributed by atoms with Gasteiger partial charge in [-0.05, 0) is 31.2 Å². The standard InChI is InChI=1S/C14H23NO4S/c1-11(10-20(3)17)15-8-12(16)9-19-14-6-4-13(18-2)5-7-14/h4-7,11-12,15-16H,8-10H2,1-3H3. The number of benzene rings is 1. The molecule has 6 heteroatoms. The lowest BCUT2D eigenvalue weighted by atomic mass is 10.3. The van der Waals surface area contributed by atoms with Crippen LogP contribution in [0.2, 0.25) is 0 Å². The van der Waals surface area contributed by atoms with Crippen LogP contribution >= 0.6 is 0 Å². The summed E-state index contributed by atoms with van der Waals surface area (Å²) >= 11 is 0. The highest BCUT2D eigenvalue weighted by molar-refractivity contribution is 7.84. The SMILES string of the molecule is COc1ccc(OCC(O)CNC(C)CS(C)=O)cc1. The van der Waals surface area contributed by atoms with Gasteiger partial charge in [0.05, 0.1) is 7.11 Å². The predicted molar refractivity (Wildman–Crippen MR) is 80.9 cm³/mol. The molecule has 0 saturated carbocycles. The number of aliphatic hydroxyl groups is 1. The molecule has 0 spiro atoms. The molecule has 5 nitrogen and oxygen atoms in total. The van der Waals surface area contributed by atoms with E-state index in [0.717, 1.165) is 5.75 Å². The summed E-state index contributed by atoms with van der Waals surface area (Å²) in [6.07, 6.45) is 1.06. The zero-order chi connectivity index (χ0) is 15.0. The highest BCUT2D eigenvalue weighted by Gasteiger charge is 2.09. The Morgan fingerprint density at radius 2 is 1.90 bits per heavy atom. The van der Waals surface area contributed by atoms with E-state index in [0.29, 0.717) is 18.0 Å². The maximum atomic E-state index is 11.0. The molecule has 0 fully saturated rings. The van der Waals surface area contributed by atoms with Gasteiger partial charge in [-0.3, -0.25) is 4.21 Å². The number of nitrogens with one attached hydrogen (secondary N) is 1. The number of aliphatic hydroxyl groups excluding tert-OH is 1. The minimum Gasteiger partial charge on any atom is -0.497 e. The Bertz CT molecular complexity index is 410. The van der Waals surface area contributed by atoms with E-state index in [9.17, 15) is 9.32 Å². The highest BCUT2D eigenvalue weighted by Crippen LogP contribution is 2.16. The molecule has 0 aliphatic rings. The molecule has 0 heterocycles. The predicted octanol–water partition coefficient (Wildman–Crippen LogP) is 0.791. The first-order valence-corrected chi connectivity index (χ1v) is 8.22. The minimum atomic E-state index is -0.834. The van der Waals surface area contributed by atoms with Crippen LogP contribution in [0.4, 0.5) is 0 Å². The number of rotatable bonds is 9. The van der Waals surface area contributed by atoms with Gasteiger partial charge in [-0.15, -0.1) is 0 Å². The second-order valence-corrected chi connectivity index (χ2v) is 6.17. The van der Waals surface area contributed by atoms with Crippen LogP contribution < -0.4 is 14.8 Å². The van der Waals surface area contributed by atoms with Gasteiger partial charge in [0.15, 0.2) is 0 Å². The zero-order valence-electron chi connectivity index (χ0n) is 12.2. The van der Waals surface area contributed by atoms with Crippen molar-refractivity contribution in [3.63, 3.8) is 0 Å². The Kier molecular flexibility index (Phi) is 7.58. The topological polar surface area (TPSA) is 67.8 Å². The van der Waals surface area contributed by atoms with Crippen LogP contribution in [0.3, 0.4) is 0 Å². The number of hydrogen-bond acceptors (Lipinski definition) is 5. The molecule has 0 aliphatic heterocycles. The molecule has 0 bridgehead atoms. The molecule has 1 aromatic carbocycles. The van der Waals surface area contributed by atoms with Crippen LogP contribution in [-0.2, 0) is 10.8 Å². The Morgan fingerprint density at radius 1 is 1.30 bits per heavy atom. The Balaban J connectivity index is 2.24. The van der Waals surface area contributed by atoms with Gasteiger partial charge in [0.2, 0.25) is 0 Å². The molecule has 0 radical (unpaired) electrons. The van der Waals surface area contributed by atoms with Crippen molar-refractivity contribution < 1.29 is 18.8 Å². The Morgan fingerprint density at radius 3 is 2.45 bits per heavy atom. The van der Waals surface area contributed by atoms with Gasteiger partial charge in [0, 0.05) is 35.4 Å². The van der Waals surface area contributed by atoms with Crippen molar-refractivity contribution in [2.24, 2.45) is 0 Å². The van der Waals surface area contributed by atoms with E-state index in [2.05, 4.69) is 5.32 Å². The van der Waals surface area contributed by atoms with Crippen LogP contribution in [0, 0.1) is 0 Å². The molecule has 2 N–H and O–H groups in total. The van der Waals surface area contributed by atoms with E-state index in [4.69, 9.17) is 9.47 Å². The maximum Gasteiger partial charge on any atom is 0.119 e. The van der Waals surface area contributed by atoms with Gasteiger partial charge in [-0.25, -0.2) is 0 Å². The van der Waals surface area contributed by atoms with Crippen LogP contribution in [0.1, 0.15) is 6.92 Å². The largest absolute Gasteiger partial charge is 0.497 e. The Hall–Kier alpha value is -1.11. The summed E-state index contributed by atoms with van der Waals surface area (Å²) in [6.45, 7) is 2.56. The summed E-state index contributed by atoms with van der Waals surface area (Å²) in [4.78, 5) is 0. The average molecular weight is 301 g/mol. The molecule has 0 amide bonds. The molecule has 0 aliphatic carbocycles. The summed E-state index contributed by atoms with van der Waals surface area (Å²) in [5, 5.41) is 12.9. The van der Waals surface area contributed by atoms with Crippen molar-refractivity contribution in [1.29, 1.82) is 0 Å². The van der Waals surface area contributed by atoms with Crippen LogP contribution in [0.5, 0.6) is 11.5 Å². The van der Waals surface area contributed by atoms with Crippen molar-refractivity contribution in [2.75, 3.05) is 32.3 Å². The lowest BCUT2D eigenvalue weighted by molar-refractivity contribution is 0.105.